The van der Waals surface area contributed by atoms with Gasteiger partial charge in [0, 0.05) is 18.5 Å². The van der Waals surface area contributed by atoms with E-state index >= 15 is 0 Å². The fraction of sp³-hybridized carbons (Fsp3) is 0.333. The van der Waals surface area contributed by atoms with E-state index in [-0.39, 0.29) is 17.8 Å². The van der Waals surface area contributed by atoms with Crippen LogP contribution in [0.3, 0.4) is 0 Å². The minimum atomic E-state index is -0.356. The first kappa shape index (κ1) is 18.9. The summed E-state index contributed by atoms with van der Waals surface area (Å²) < 4.78 is 18.3. The van der Waals surface area contributed by atoms with Crippen LogP contribution >= 0.6 is 0 Å². The summed E-state index contributed by atoms with van der Waals surface area (Å²) in [6.07, 6.45) is 1.26. The summed E-state index contributed by atoms with van der Waals surface area (Å²) in [7, 11) is 1.63. The Labute approximate surface area is 158 Å². The van der Waals surface area contributed by atoms with Crippen LogP contribution in [0, 0.1) is 5.82 Å². The molecule has 0 radical (unpaired) electrons. The van der Waals surface area contributed by atoms with Crippen LogP contribution in [0.4, 0.5) is 4.39 Å². The lowest BCUT2D eigenvalue weighted by Crippen LogP contribution is -2.38. The Bertz CT molecular complexity index is 803. The molecule has 0 saturated heterocycles. The highest BCUT2D eigenvalue weighted by Crippen LogP contribution is 2.21. The van der Waals surface area contributed by atoms with Crippen molar-refractivity contribution in [2.75, 3.05) is 20.2 Å². The molecule has 0 aromatic heterocycles. The molecule has 0 N–H and O–H groups in total. The van der Waals surface area contributed by atoms with E-state index in [0.717, 1.165) is 23.4 Å². The molecule has 1 atom stereocenters. The van der Waals surface area contributed by atoms with Gasteiger partial charge < -0.3 is 14.5 Å². The summed E-state index contributed by atoms with van der Waals surface area (Å²) in [6.45, 7) is 3.06. The van der Waals surface area contributed by atoms with Crippen LogP contribution in [-0.4, -0.2) is 42.8 Å². The highest BCUT2D eigenvalue weighted by Gasteiger charge is 2.27. The van der Waals surface area contributed by atoms with E-state index < -0.39 is 0 Å². The lowest BCUT2D eigenvalue weighted by atomic mass is 10.0. The number of hydrogen-bond acceptors (Lipinski definition) is 4. The number of benzene rings is 2. The van der Waals surface area contributed by atoms with Crippen LogP contribution in [0.2, 0.25) is 0 Å². The zero-order valence-electron chi connectivity index (χ0n) is 15.5. The molecule has 0 fully saturated rings. The molecule has 27 heavy (non-hydrogen) atoms. The molecule has 0 saturated carbocycles. The number of amides is 1. The summed E-state index contributed by atoms with van der Waals surface area (Å²) in [5.74, 6) is 0.303. The Morgan fingerprint density at radius 3 is 2.56 bits per heavy atom. The number of nitrogens with zero attached hydrogens (tertiary/aromatic N) is 2. The Morgan fingerprint density at radius 2 is 1.93 bits per heavy atom. The number of hydrogen-bond donors (Lipinski definition) is 0. The normalized spacial score (nSPS) is 15.8. The molecule has 6 heteroatoms. The molecule has 5 nitrogen and oxygen atoms in total. The Hall–Kier alpha value is -2.89. The van der Waals surface area contributed by atoms with E-state index in [0.29, 0.717) is 25.1 Å². The van der Waals surface area contributed by atoms with Crippen LogP contribution < -0.4 is 4.74 Å². The second kappa shape index (κ2) is 8.66. The second-order valence-corrected chi connectivity index (χ2v) is 6.46. The molecule has 1 aliphatic heterocycles. The smallest absolute Gasteiger partial charge is 0.253 e. The fourth-order valence-corrected chi connectivity index (χ4v) is 3.05. The van der Waals surface area contributed by atoms with E-state index in [2.05, 4.69) is 5.16 Å². The van der Waals surface area contributed by atoms with Crippen LogP contribution in [0.15, 0.2) is 53.7 Å². The summed E-state index contributed by atoms with van der Waals surface area (Å²) in [4.78, 5) is 20.1. The summed E-state index contributed by atoms with van der Waals surface area (Å²) in [5, 5.41) is 4.19. The first-order valence-electron chi connectivity index (χ1n) is 9.02. The molecule has 0 spiro atoms. The summed E-state index contributed by atoms with van der Waals surface area (Å²) >= 11 is 0. The monoisotopic (exact) mass is 370 g/mol. The van der Waals surface area contributed by atoms with Gasteiger partial charge in [0.05, 0.1) is 19.4 Å². The van der Waals surface area contributed by atoms with Gasteiger partial charge in [0.1, 0.15) is 11.6 Å². The quantitative estimate of drug-likeness (QED) is 0.743. The number of rotatable bonds is 7. The topological polar surface area (TPSA) is 51.1 Å². The van der Waals surface area contributed by atoms with Gasteiger partial charge in [0.25, 0.3) is 5.91 Å². The van der Waals surface area contributed by atoms with Crippen molar-refractivity contribution in [2.24, 2.45) is 5.16 Å². The van der Waals surface area contributed by atoms with Crippen molar-refractivity contribution < 1.29 is 18.8 Å². The summed E-state index contributed by atoms with van der Waals surface area (Å²) in [6, 6.07) is 13.3. The average molecular weight is 370 g/mol. The van der Waals surface area contributed by atoms with Crippen molar-refractivity contribution in [1.29, 1.82) is 0 Å². The maximum Gasteiger partial charge on any atom is 0.253 e. The summed E-state index contributed by atoms with van der Waals surface area (Å²) in [5.41, 5.74) is 2.30. The van der Waals surface area contributed by atoms with Gasteiger partial charge in [0.2, 0.25) is 0 Å². The average Bonchev–Trinajstić information content (AvgIpc) is 3.16. The largest absolute Gasteiger partial charge is 0.497 e. The number of ether oxygens (including phenoxy) is 1. The van der Waals surface area contributed by atoms with Gasteiger partial charge in [-0.3, -0.25) is 4.79 Å². The molecule has 3 rings (SSSR count). The Balaban J connectivity index is 1.64. The molecular formula is C21H23FN2O3. The van der Waals surface area contributed by atoms with Gasteiger partial charge in [0.15, 0.2) is 6.10 Å². The minimum Gasteiger partial charge on any atom is -0.497 e. The third-order valence-corrected chi connectivity index (χ3v) is 4.45. The zero-order chi connectivity index (χ0) is 19.2. The van der Waals surface area contributed by atoms with Crippen LogP contribution in [0.1, 0.15) is 35.7 Å². The molecule has 1 aliphatic rings. The number of carbonyl (C=O) groups is 1. The number of halogens is 1. The molecule has 142 valence electrons. The van der Waals surface area contributed by atoms with Gasteiger partial charge >= 0.3 is 0 Å². The third kappa shape index (κ3) is 4.64. The highest BCUT2D eigenvalue weighted by atomic mass is 19.1. The standard InChI is InChI=1S/C21H23FN2O3/c1-3-12-24(21(25)16-4-8-17(22)9-5-16)14-19-13-20(23-27-19)15-6-10-18(26-2)11-7-15/h4-11,19H,3,12-14H2,1-2H3. The molecule has 1 heterocycles. The van der Waals surface area contributed by atoms with Gasteiger partial charge in [-0.15, -0.1) is 0 Å². The van der Waals surface area contributed by atoms with E-state index in [1.165, 1.54) is 24.3 Å². The molecular weight excluding hydrogens is 347 g/mol. The number of methoxy groups -OCH3 is 1. The molecule has 1 amide bonds. The van der Waals surface area contributed by atoms with Crippen LogP contribution in [0.5, 0.6) is 5.75 Å². The second-order valence-electron chi connectivity index (χ2n) is 6.46. The van der Waals surface area contributed by atoms with Crippen molar-refractivity contribution in [1.82, 2.24) is 4.90 Å². The maximum absolute atomic E-state index is 13.1. The van der Waals surface area contributed by atoms with Gasteiger partial charge in [-0.1, -0.05) is 12.1 Å². The first-order chi connectivity index (χ1) is 13.1. The Kier molecular flexibility index (Phi) is 6.06. The predicted octanol–water partition coefficient (Wildman–Crippen LogP) is 3.88. The minimum absolute atomic E-state index is 0.127. The highest BCUT2D eigenvalue weighted by molar-refractivity contribution is 6.01. The van der Waals surface area contributed by atoms with E-state index in [9.17, 15) is 9.18 Å². The van der Waals surface area contributed by atoms with Crippen molar-refractivity contribution in [3.63, 3.8) is 0 Å². The molecule has 0 bridgehead atoms. The van der Waals surface area contributed by atoms with E-state index in [4.69, 9.17) is 9.57 Å². The predicted molar refractivity (Wildman–Crippen MR) is 102 cm³/mol. The molecule has 2 aromatic carbocycles. The lowest BCUT2D eigenvalue weighted by Gasteiger charge is -2.24. The van der Waals surface area contributed by atoms with E-state index in [1.807, 2.05) is 31.2 Å². The molecule has 2 aromatic rings. The van der Waals surface area contributed by atoms with Crippen LogP contribution in [0.25, 0.3) is 0 Å². The Morgan fingerprint density at radius 1 is 1.22 bits per heavy atom. The molecule has 1 unspecified atom stereocenters. The van der Waals surface area contributed by atoms with Crippen molar-refractivity contribution >= 4 is 11.6 Å². The van der Waals surface area contributed by atoms with Gasteiger partial charge in [-0.2, -0.15) is 0 Å². The fourth-order valence-electron chi connectivity index (χ4n) is 3.05. The van der Waals surface area contributed by atoms with Crippen molar-refractivity contribution in [3.05, 3.63) is 65.5 Å². The van der Waals surface area contributed by atoms with Gasteiger partial charge in [-0.25, -0.2) is 4.39 Å². The van der Waals surface area contributed by atoms with Crippen molar-refractivity contribution in [3.8, 4) is 5.75 Å². The number of carbonyl (C=O) groups excluding carboxylic acids is 1. The maximum atomic E-state index is 13.1. The zero-order valence-corrected chi connectivity index (χ0v) is 15.5. The van der Waals surface area contributed by atoms with Crippen LogP contribution in [-0.2, 0) is 4.84 Å². The van der Waals surface area contributed by atoms with E-state index in [1.54, 1.807) is 12.0 Å². The SMILES string of the molecule is CCCN(CC1CC(c2ccc(OC)cc2)=NO1)C(=O)c1ccc(F)cc1. The lowest BCUT2D eigenvalue weighted by molar-refractivity contribution is 0.0423. The first-order valence-corrected chi connectivity index (χ1v) is 9.02. The van der Waals surface area contributed by atoms with Gasteiger partial charge in [-0.05, 0) is 60.5 Å². The number of oxime groups is 1. The third-order valence-electron chi connectivity index (χ3n) is 4.45. The van der Waals surface area contributed by atoms with Crippen molar-refractivity contribution in [2.45, 2.75) is 25.9 Å². The molecule has 0 aliphatic carbocycles.